The summed E-state index contributed by atoms with van der Waals surface area (Å²) >= 11 is 5.94. The van der Waals surface area contributed by atoms with E-state index in [1.54, 1.807) is 17.0 Å². The van der Waals surface area contributed by atoms with Gasteiger partial charge in [0.05, 0.1) is 20.3 Å². The molecule has 3 aromatic carbocycles. The molecule has 1 aliphatic rings. The zero-order valence-corrected chi connectivity index (χ0v) is 18.6. The van der Waals surface area contributed by atoms with Gasteiger partial charge in [-0.3, -0.25) is 9.59 Å². The van der Waals surface area contributed by atoms with Gasteiger partial charge in [0.15, 0.2) is 11.5 Å². The Hall–Kier alpha value is -3.25. The molecule has 0 bridgehead atoms. The molecule has 1 heterocycles. The highest BCUT2D eigenvalue weighted by molar-refractivity contribution is 6.17. The maximum absolute atomic E-state index is 13.6. The van der Waals surface area contributed by atoms with Crippen LogP contribution in [0.25, 0.3) is 10.8 Å². The van der Waals surface area contributed by atoms with E-state index in [4.69, 9.17) is 21.1 Å². The van der Waals surface area contributed by atoms with Crippen molar-refractivity contribution in [1.29, 1.82) is 0 Å². The number of halogens is 1. The summed E-state index contributed by atoms with van der Waals surface area (Å²) in [7, 11) is 2.97. The summed E-state index contributed by atoms with van der Waals surface area (Å²) < 4.78 is 10.8. The van der Waals surface area contributed by atoms with Crippen LogP contribution in [0.5, 0.6) is 11.5 Å². The average molecular weight is 454 g/mol. The number of aliphatic carboxylic acids is 1. The number of benzene rings is 3. The normalized spacial score (nSPS) is 17.8. The van der Waals surface area contributed by atoms with Crippen molar-refractivity contribution in [1.82, 2.24) is 4.90 Å². The zero-order valence-electron chi connectivity index (χ0n) is 17.9. The lowest BCUT2D eigenvalue weighted by Crippen LogP contribution is -2.45. The second-order valence-corrected chi connectivity index (χ2v) is 8.08. The van der Waals surface area contributed by atoms with Crippen molar-refractivity contribution < 1.29 is 24.2 Å². The van der Waals surface area contributed by atoms with Gasteiger partial charge in [0.25, 0.3) is 5.91 Å². The molecule has 0 fully saturated rings. The van der Waals surface area contributed by atoms with Gasteiger partial charge in [-0.05, 0) is 46.5 Å². The number of carbonyl (C=O) groups excluding carboxylic acids is 1. The van der Waals surface area contributed by atoms with Crippen molar-refractivity contribution >= 4 is 34.2 Å². The van der Waals surface area contributed by atoms with Gasteiger partial charge in [-0.25, -0.2) is 0 Å². The maximum Gasteiger partial charge on any atom is 0.313 e. The SMILES string of the molecule is COc1cc2c(cc1OC)[C@@H](C(=O)O)[C@@H](c1ccc3ccccc3c1)N(CCCCl)C2=O. The Bertz CT molecular complexity index is 1180. The number of alkyl halides is 1. The lowest BCUT2D eigenvalue weighted by atomic mass is 9.79. The van der Waals surface area contributed by atoms with Gasteiger partial charge in [-0.1, -0.05) is 36.4 Å². The van der Waals surface area contributed by atoms with Crippen LogP contribution in [0.1, 0.15) is 39.9 Å². The fourth-order valence-electron chi connectivity index (χ4n) is 4.47. The topological polar surface area (TPSA) is 76.1 Å². The van der Waals surface area contributed by atoms with Crippen LogP contribution in [0.2, 0.25) is 0 Å². The predicted molar refractivity (Wildman–Crippen MR) is 123 cm³/mol. The Morgan fingerprint density at radius 2 is 1.72 bits per heavy atom. The third-order valence-corrected chi connectivity index (χ3v) is 6.21. The Morgan fingerprint density at radius 1 is 1.03 bits per heavy atom. The number of hydrogen-bond acceptors (Lipinski definition) is 4. The number of carbonyl (C=O) groups is 2. The van der Waals surface area contributed by atoms with Crippen LogP contribution in [0.3, 0.4) is 0 Å². The predicted octanol–water partition coefficient (Wildman–Crippen LogP) is 4.85. The molecule has 0 spiro atoms. The third-order valence-electron chi connectivity index (χ3n) is 5.95. The molecule has 1 N–H and O–H groups in total. The molecule has 0 radical (unpaired) electrons. The zero-order chi connectivity index (χ0) is 22.8. The molecule has 0 aliphatic carbocycles. The number of ether oxygens (including phenoxy) is 2. The lowest BCUT2D eigenvalue weighted by Gasteiger charge is -2.41. The van der Waals surface area contributed by atoms with Crippen molar-refractivity contribution in [3.8, 4) is 11.5 Å². The summed E-state index contributed by atoms with van der Waals surface area (Å²) in [6, 6.07) is 16.2. The largest absolute Gasteiger partial charge is 0.493 e. The highest BCUT2D eigenvalue weighted by atomic mass is 35.5. The van der Waals surface area contributed by atoms with Gasteiger partial charge in [0.2, 0.25) is 0 Å². The van der Waals surface area contributed by atoms with Crippen LogP contribution >= 0.6 is 11.6 Å². The highest BCUT2D eigenvalue weighted by Gasteiger charge is 2.45. The summed E-state index contributed by atoms with van der Waals surface area (Å²) in [4.78, 5) is 27.8. The first-order chi connectivity index (χ1) is 15.5. The quantitative estimate of drug-likeness (QED) is 0.517. The van der Waals surface area contributed by atoms with E-state index in [-0.39, 0.29) is 5.91 Å². The van der Waals surface area contributed by atoms with E-state index >= 15 is 0 Å². The fraction of sp³-hybridized carbons (Fsp3) is 0.280. The molecule has 0 unspecified atom stereocenters. The molecular formula is C25H24ClNO5. The Labute approximate surface area is 191 Å². The third kappa shape index (κ3) is 3.75. The standard InChI is InChI=1S/C25H24ClNO5/c1-31-20-13-18-19(14-21(20)32-2)24(28)27(11-5-10-26)23(22(18)25(29)30)17-9-8-15-6-3-4-7-16(15)12-17/h3-4,6-9,12-14,22-23H,5,10-11H2,1-2H3,(H,29,30)/t22-,23-/m1/s1. The number of hydrogen-bond donors (Lipinski definition) is 1. The molecule has 1 aliphatic heterocycles. The van der Waals surface area contributed by atoms with E-state index in [1.165, 1.54) is 14.2 Å². The second-order valence-electron chi connectivity index (χ2n) is 7.70. The number of methoxy groups -OCH3 is 2. The van der Waals surface area contributed by atoms with Crippen molar-refractivity contribution in [2.75, 3.05) is 26.6 Å². The van der Waals surface area contributed by atoms with E-state index in [0.717, 1.165) is 16.3 Å². The van der Waals surface area contributed by atoms with Crippen LogP contribution in [0, 0.1) is 0 Å². The molecule has 0 saturated heterocycles. The van der Waals surface area contributed by atoms with Crippen LogP contribution in [-0.4, -0.2) is 48.5 Å². The van der Waals surface area contributed by atoms with Crippen LogP contribution in [-0.2, 0) is 4.79 Å². The van der Waals surface area contributed by atoms with Crippen molar-refractivity contribution in [3.05, 3.63) is 71.3 Å². The molecule has 2 atom stereocenters. The molecule has 166 valence electrons. The molecule has 0 aromatic heterocycles. The minimum Gasteiger partial charge on any atom is -0.493 e. The number of nitrogens with zero attached hydrogens (tertiary/aromatic N) is 1. The number of amides is 1. The number of carboxylic acids is 1. The molecular weight excluding hydrogens is 430 g/mol. The summed E-state index contributed by atoms with van der Waals surface area (Å²) in [5.41, 5.74) is 1.49. The lowest BCUT2D eigenvalue weighted by molar-refractivity contribution is -0.140. The Balaban J connectivity index is 1.94. The summed E-state index contributed by atoms with van der Waals surface area (Å²) in [5.74, 6) is -1.10. The molecule has 6 nitrogen and oxygen atoms in total. The Morgan fingerprint density at radius 3 is 2.38 bits per heavy atom. The smallest absolute Gasteiger partial charge is 0.313 e. The number of fused-ring (bicyclic) bond motifs is 2. The molecule has 4 rings (SSSR count). The van der Waals surface area contributed by atoms with Gasteiger partial charge >= 0.3 is 5.97 Å². The van der Waals surface area contributed by atoms with E-state index in [9.17, 15) is 14.7 Å². The number of rotatable bonds is 7. The van der Waals surface area contributed by atoms with E-state index in [0.29, 0.717) is 41.5 Å². The van der Waals surface area contributed by atoms with Crippen molar-refractivity contribution in [3.63, 3.8) is 0 Å². The summed E-state index contributed by atoms with van der Waals surface area (Å²) in [6.07, 6.45) is 0.548. The molecule has 7 heteroatoms. The first-order valence-electron chi connectivity index (χ1n) is 10.3. The molecule has 0 saturated carbocycles. The van der Waals surface area contributed by atoms with Gasteiger partial charge in [-0.2, -0.15) is 0 Å². The van der Waals surface area contributed by atoms with Gasteiger partial charge in [0.1, 0.15) is 5.92 Å². The van der Waals surface area contributed by atoms with E-state index in [2.05, 4.69) is 0 Å². The molecule has 32 heavy (non-hydrogen) atoms. The first-order valence-corrected chi connectivity index (χ1v) is 10.9. The fourth-order valence-corrected chi connectivity index (χ4v) is 4.59. The summed E-state index contributed by atoms with van der Waals surface area (Å²) in [5, 5.41) is 12.3. The maximum atomic E-state index is 13.6. The van der Waals surface area contributed by atoms with Crippen LogP contribution in [0.4, 0.5) is 0 Å². The highest BCUT2D eigenvalue weighted by Crippen LogP contribution is 2.46. The first kappa shape index (κ1) is 22.0. The van der Waals surface area contributed by atoms with Gasteiger partial charge in [0, 0.05) is 18.0 Å². The average Bonchev–Trinajstić information content (AvgIpc) is 2.81. The van der Waals surface area contributed by atoms with Crippen LogP contribution < -0.4 is 9.47 Å². The van der Waals surface area contributed by atoms with Gasteiger partial charge < -0.3 is 19.5 Å². The summed E-state index contributed by atoms with van der Waals surface area (Å²) in [6.45, 7) is 0.345. The Kier molecular flexibility index (Phi) is 6.24. The van der Waals surface area contributed by atoms with Crippen molar-refractivity contribution in [2.45, 2.75) is 18.4 Å². The van der Waals surface area contributed by atoms with Gasteiger partial charge in [-0.15, -0.1) is 11.6 Å². The number of carboxylic acid groups (broad SMARTS) is 1. The van der Waals surface area contributed by atoms with E-state index < -0.39 is 17.9 Å². The van der Waals surface area contributed by atoms with Crippen LogP contribution in [0.15, 0.2) is 54.6 Å². The molecule has 1 amide bonds. The minimum atomic E-state index is -1.01. The van der Waals surface area contributed by atoms with Crippen molar-refractivity contribution in [2.24, 2.45) is 0 Å². The minimum absolute atomic E-state index is 0.248. The second kappa shape index (κ2) is 9.09. The molecule has 3 aromatic rings. The van der Waals surface area contributed by atoms with E-state index in [1.807, 2.05) is 42.5 Å². The monoisotopic (exact) mass is 453 g/mol.